The lowest BCUT2D eigenvalue weighted by molar-refractivity contribution is -0.118. The Hall–Kier alpha value is -2.20. The monoisotopic (exact) mass is 319 g/mol. The molecule has 1 amide bonds. The van der Waals surface area contributed by atoms with E-state index < -0.39 is 0 Å². The van der Waals surface area contributed by atoms with Crippen molar-refractivity contribution in [2.45, 2.75) is 13.3 Å². The molecule has 0 heterocycles. The van der Waals surface area contributed by atoms with Crippen LogP contribution in [0.4, 0.5) is 5.69 Å². The molecule has 0 aliphatic rings. The predicted molar refractivity (Wildman–Crippen MR) is 87.8 cm³/mol. The summed E-state index contributed by atoms with van der Waals surface area (Å²) in [6.45, 7) is 2.55. The van der Waals surface area contributed by atoms with E-state index in [1.807, 2.05) is 25.1 Å². The number of rotatable bonds is 7. The van der Waals surface area contributed by atoms with Crippen molar-refractivity contribution in [2.75, 3.05) is 18.5 Å². The fourth-order valence-corrected chi connectivity index (χ4v) is 1.90. The van der Waals surface area contributed by atoms with Gasteiger partial charge in [0.1, 0.15) is 11.5 Å². The number of hydrogen-bond acceptors (Lipinski definition) is 3. The summed E-state index contributed by atoms with van der Waals surface area (Å²) in [4.78, 5) is 12.0. The summed E-state index contributed by atoms with van der Waals surface area (Å²) in [6.07, 6.45) is 0.905. The fraction of sp³-hybridized carbons (Fsp3) is 0.235. The lowest BCUT2D eigenvalue weighted by Gasteiger charge is -2.12. The summed E-state index contributed by atoms with van der Waals surface area (Å²) >= 11 is 5.79. The molecule has 116 valence electrons. The molecule has 0 aliphatic heterocycles. The Labute approximate surface area is 135 Å². The van der Waals surface area contributed by atoms with Crippen molar-refractivity contribution in [1.82, 2.24) is 0 Å². The van der Waals surface area contributed by atoms with Crippen molar-refractivity contribution in [3.63, 3.8) is 0 Å². The van der Waals surface area contributed by atoms with Crippen LogP contribution >= 0.6 is 11.6 Å². The Balaban J connectivity index is 1.90. The molecule has 1 N–H and O–H groups in total. The van der Waals surface area contributed by atoms with E-state index >= 15 is 0 Å². The van der Waals surface area contributed by atoms with Gasteiger partial charge in [-0.2, -0.15) is 0 Å². The molecule has 0 aliphatic carbocycles. The molecule has 0 atom stereocenters. The van der Waals surface area contributed by atoms with Crippen LogP contribution in [0.25, 0.3) is 0 Å². The second-order valence-electron chi connectivity index (χ2n) is 4.64. The van der Waals surface area contributed by atoms with Gasteiger partial charge >= 0.3 is 0 Å². The number of benzene rings is 2. The number of halogens is 1. The highest BCUT2D eigenvalue weighted by molar-refractivity contribution is 6.30. The van der Waals surface area contributed by atoms with Crippen molar-refractivity contribution in [2.24, 2.45) is 0 Å². The molecular weight excluding hydrogens is 302 g/mol. The number of amides is 1. The predicted octanol–water partition coefficient (Wildman–Crippen LogP) is 4.15. The Kier molecular flexibility index (Phi) is 6.10. The van der Waals surface area contributed by atoms with E-state index in [1.165, 1.54) is 0 Å². The largest absolute Gasteiger partial charge is 0.491 e. The molecule has 0 aromatic heterocycles. The van der Waals surface area contributed by atoms with Gasteiger partial charge in [-0.25, -0.2) is 0 Å². The molecule has 0 unspecified atom stereocenters. The molecule has 2 rings (SSSR count). The van der Waals surface area contributed by atoms with Gasteiger partial charge < -0.3 is 14.8 Å². The van der Waals surface area contributed by atoms with E-state index in [1.54, 1.807) is 30.3 Å². The fourth-order valence-electron chi connectivity index (χ4n) is 1.77. The van der Waals surface area contributed by atoms with Gasteiger partial charge in [0.25, 0.3) is 5.91 Å². The maximum absolute atomic E-state index is 12.0. The number of carbonyl (C=O) groups is 1. The van der Waals surface area contributed by atoms with Crippen molar-refractivity contribution in [3.05, 3.63) is 53.6 Å². The topological polar surface area (TPSA) is 47.6 Å². The van der Waals surface area contributed by atoms with Crippen LogP contribution in [-0.2, 0) is 4.79 Å². The van der Waals surface area contributed by atoms with Crippen molar-refractivity contribution >= 4 is 23.2 Å². The summed E-state index contributed by atoms with van der Waals surface area (Å²) in [5, 5.41) is 3.41. The van der Waals surface area contributed by atoms with Crippen LogP contribution < -0.4 is 14.8 Å². The van der Waals surface area contributed by atoms with Gasteiger partial charge in [-0.05, 0) is 42.8 Å². The minimum absolute atomic E-state index is 0.0796. The number of carbonyl (C=O) groups excluding carboxylic acids is 1. The second-order valence-corrected chi connectivity index (χ2v) is 5.07. The average Bonchev–Trinajstić information content (AvgIpc) is 2.53. The Morgan fingerprint density at radius 2 is 1.82 bits per heavy atom. The third-order valence-corrected chi connectivity index (χ3v) is 3.06. The molecule has 0 fully saturated rings. The van der Waals surface area contributed by atoms with Gasteiger partial charge in [-0.15, -0.1) is 0 Å². The first-order valence-electron chi connectivity index (χ1n) is 7.09. The summed E-state index contributed by atoms with van der Waals surface area (Å²) in [5.74, 6) is 1.00. The zero-order valence-electron chi connectivity index (χ0n) is 12.3. The van der Waals surface area contributed by atoms with Gasteiger partial charge in [0.2, 0.25) is 0 Å². The summed E-state index contributed by atoms with van der Waals surface area (Å²) in [6, 6.07) is 14.2. The molecule has 0 saturated heterocycles. The van der Waals surface area contributed by atoms with Crippen molar-refractivity contribution < 1.29 is 14.3 Å². The molecule has 2 aromatic carbocycles. The molecule has 0 radical (unpaired) electrons. The molecular formula is C17H18ClNO3. The van der Waals surface area contributed by atoms with Gasteiger partial charge in [-0.1, -0.05) is 30.7 Å². The van der Waals surface area contributed by atoms with Crippen LogP contribution in [0.15, 0.2) is 48.5 Å². The third-order valence-electron chi connectivity index (χ3n) is 2.81. The summed E-state index contributed by atoms with van der Waals surface area (Å²) < 4.78 is 11.0. The van der Waals surface area contributed by atoms with Gasteiger partial charge in [0, 0.05) is 5.02 Å². The normalized spacial score (nSPS) is 10.1. The van der Waals surface area contributed by atoms with Crippen molar-refractivity contribution in [1.29, 1.82) is 0 Å². The number of ether oxygens (including phenoxy) is 2. The third kappa shape index (κ3) is 4.97. The van der Waals surface area contributed by atoms with E-state index in [0.29, 0.717) is 28.8 Å². The van der Waals surface area contributed by atoms with E-state index in [2.05, 4.69) is 5.32 Å². The molecule has 5 heteroatoms. The standard InChI is InChI=1S/C17H18ClNO3/c1-2-11-21-16-6-4-3-5-15(16)19-17(20)12-22-14-9-7-13(18)8-10-14/h3-10H,2,11-12H2,1H3,(H,19,20). The van der Waals surface area contributed by atoms with Crippen LogP contribution in [0.2, 0.25) is 5.02 Å². The second kappa shape index (κ2) is 8.29. The quantitative estimate of drug-likeness (QED) is 0.834. The first kappa shape index (κ1) is 16.2. The SMILES string of the molecule is CCCOc1ccccc1NC(=O)COc1ccc(Cl)cc1. The number of nitrogens with one attached hydrogen (secondary N) is 1. The van der Waals surface area contributed by atoms with E-state index in [-0.39, 0.29) is 12.5 Å². The molecule has 0 saturated carbocycles. The van der Waals surface area contributed by atoms with E-state index in [0.717, 1.165) is 6.42 Å². The minimum atomic E-state index is -0.248. The van der Waals surface area contributed by atoms with E-state index in [9.17, 15) is 4.79 Å². The van der Waals surface area contributed by atoms with Crippen LogP contribution in [0.1, 0.15) is 13.3 Å². The van der Waals surface area contributed by atoms with Gasteiger partial charge in [-0.3, -0.25) is 4.79 Å². The van der Waals surface area contributed by atoms with Crippen LogP contribution in [-0.4, -0.2) is 19.1 Å². The zero-order chi connectivity index (χ0) is 15.8. The maximum atomic E-state index is 12.0. The Bertz CT molecular complexity index is 614. The first-order chi connectivity index (χ1) is 10.7. The number of para-hydroxylation sites is 2. The highest BCUT2D eigenvalue weighted by atomic mass is 35.5. The molecule has 4 nitrogen and oxygen atoms in total. The van der Waals surface area contributed by atoms with Crippen LogP contribution in [0.5, 0.6) is 11.5 Å². The number of hydrogen-bond donors (Lipinski definition) is 1. The number of anilines is 1. The van der Waals surface area contributed by atoms with Gasteiger partial charge in [0.05, 0.1) is 12.3 Å². The first-order valence-corrected chi connectivity index (χ1v) is 7.47. The smallest absolute Gasteiger partial charge is 0.262 e. The summed E-state index contributed by atoms with van der Waals surface area (Å²) in [7, 11) is 0. The van der Waals surface area contributed by atoms with Crippen molar-refractivity contribution in [3.8, 4) is 11.5 Å². The average molecular weight is 320 g/mol. The highest BCUT2D eigenvalue weighted by Gasteiger charge is 2.08. The zero-order valence-corrected chi connectivity index (χ0v) is 13.1. The van der Waals surface area contributed by atoms with E-state index in [4.69, 9.17) is 21.1 Å². The molecule has 22 heavy (non-hydrogen) atoms. The molecule has 2 aromatic rings. The molecule has 0 spiro atoms. The lowest BCUT2D eigenvalue weighted by Crippen LogP contribution is -2.20. The van der Waals surface area contributed by atoms with Gasteiger partial charge in [0.15, 0.2) is 6.61 Å². The maximum Gasteiger partial charge on any atom is 0.262 e. The highest BCUT2D eigenvalue weighted by Crippen LogP contribution is 2.24. The summed E-state index contributed by atoms with van der Waals surface area (Å²) in [5.41, 5.74) is 0.639. The lowest BCUT2D eigenvalue weighted by atomic mass is 10.3. The minimum Gasteiger partial charge on any atom is -0.491 e. The van der Waals surface area contributed by atoms with Crippen LogP contribution in [0.3, 0.4) is 0 Å². The Morgan fingerprint density at radius 3 is 2.55 bits per heavy atom. The Morgan fingerprint density at radius 1 is 1.09 bits per heavy atom. The van der Waals surface area contributed by atoms with Crippen LogP contribution in [0, 0.1) is 0 Å². The molecule has 0 bridgehead atoms.